The summed E-state index contributed by atoms with van der Waals surface area (Å²) in [6.07, 6.45) is 6.42. The quantitative estimate of drug-likeness (QED) is 0.724. The lowest BCUT2D eigenvalue weighted by Gasteiger charge is -2.25. The van der Waals surface area contributed by atoms with Crippen molar-refractivity contribution >= 4 is 17.5 Å². The van der Waals surface area contributed by atoms with Crippen LogP contribution in [-0.2, 0) is 4.79 Å². The topological polar surface area (TPSA) is 29.1 Å². The Kier molecular flexibility index (Phi) is 4.91. The van der Waals surface area contributed by atoms with Crippen LogP contribution in [0.4, 0.5) is 0 Å². The van der Waals surface area contributed by atoms with E-state index >= 15 is 0 Å². The number of nitrogens with one attached hydrogen (secondary N) is 1. The summed E-state index contributed by atoms with van der Waals surface area (Å²) in [5, 5.41) is 3.10. The van der Waals surface area contributed by atoms with E-state index in [1.165, 1.54) is 12.8 Å². The average Bonchev–Trinajstić information content (AvgIpc) is 2.63. The van der Waals surface area contributed by atoms with Gasteiger partial charge < -0.3 is 5.32 Å². The molecule has 0 aliphatic heterocycles. The van der Waals surface area contributed by atoms with E-state index in [1.807, 2.05) is 0 Å². The monoisotopic (exact) mass is 231 g/mol. The second-order valence-corrected chi connectivity index (χ2v) is 5.35. The van der Waals surface area contributed by atoms with Gasteiger partial charge >= 0.3 is 0 Å². The molecule has 0 bridgehead atoms. The highest BCUT2D eigenvalue weighted by Crippen LogP contribution is 2.37. The summed E-state index contributed by atoms with van der Waals surface area (Å²) in [6.45, 7) is 4.15. The van der Waals surface area contributed by atoms with E-state index in [4.69, 9.17) is 11.6 Å². The predicted molar refractivity (Wildman–Crippen MR) is 64.1 cm³/mol. The fourth-order valence-corrected chi connectivity index (χ4v) is 2.39. The van der Waals surface area contributed by atoms with Crippen LogP contribution in [0.5, 0.6) is 0 Å². The molecule has 3 heteroatoms. The van der Waals surface area contributed by atoms with Crippen LogP contribution in [0.15, 0.2) is 0 Å². The third kappa shape index (κ3) is 3.67. The Bertz CT molecular complexity index is 212. The fourth-order valence-electron chi connectivity index (χ4n) is 2.24. The molecule has 0 spiro atoms. The number of hydrogen-bond donors (Lipinski definition) is 1. The van der Waals surface area contributed by atoms with Crippen molar-refractivity contribution in [1.82, 2.24) is 5.32 Å². The first-order valence-corrected chi connectivity index (χ1v) is 6.49. The van der Waals surface area contributed by atoms with Crippen LogP contribution < -0.4 is 5.32 Å². The first kappa shape index (κ1) is 12.8. The molecule has 88 valence electrons. The van der Waals surface area contributed by atoms with Crippen molar-refractivity contribution in [3.8, 4) is 0 Å². The van der Waals surface area contributed by atoms with E-state index < -0.39 is 0 Å². The summed E-state index contributed by atoms with van der Waals surface area (Å²) in [7, 11) is 0. The Balaban J connectivity index is 2.34. The lowest BCUT2D eigenvalue weighted by Crippen LogP contribution is -2.41. The maximum absolute atomic E-state index is 12.0. The maximum Gasteiger partial charge on any atom is 0.226 e. The lowest BCUT2D eigenvalue weighted by atomic mass is 9.87. The molecule has 1 N–H and O–H groups in total. The Labute approximate surface area is 97.8 Å². The van der Waals surface area contributed by atoms with E-state index in [0.717, 1.165) is 25.7 Å². The molecule has 1 aliphatic carbocycles. The summed E-state index contributed by atoms with van der Waals surface area (Å²) in [6, 6.07) is 0.258. The molecule has 1 amide bonds. The number of alkyl halides is 1. The SMILES string of the molecule is CC(CCCCl)NC(=O)C1(C)CCCC1. The molecule has 1 saturated carbocycles. The molecule has 1 aliphatic rings. The lowest BCUT2D eigenvalue weighted by molar-refractivity contribution is -0.130. The van der Waals surface area contributed by atoms with Crippen molar-refractivity contribution in [2.24, 2.45) is 5.41 Å². The van der Waals surface area contributed by atoms with E-state index in [2.05, 4.69) is 19.2 Å². The second-order valence-electron chi connectivity index (χ2n) is 4.97. The van der Waals surface area contributed by atoms with Crippen LogP contribution in [-0.4, -0.2) is 17.8 Å². The van der Waals surface area contributed by atoms with E-state index in [-0.39, 0.29) is 17.4 Å². The molecule has 1 unspecified atom stereocenters. The zero-order valence-corrected chi connectivity index (χ0v) is 10.6. The Morgan fingerprint density at radius 3 is 2.60 bits per heavy atom. The molecule has 0 aromatic carbocycles. The average molecular weight is 232 g/mol. The molecule has 0 heterocycles. The molecule has 2 nitrogen and oxygen atoms in total. The normalized spacial score (nSPS) is 21.3. The minimum absolute atomic E-state index is 0.102. The Hall–Kier alpha value is -0.240. The van der Waals surface area contributed by atoms with Crippen LogP contribution >= 0.6 is 11.6 Å². The van der Waals surface area contributed by atoms with Crippen LogP contribution in [0.1, 0.15) is 52.4 Å². The molecule has 0 saturated heterocycles. The van der Waals surface area contributed by atoms with Crippen molar-refractivity contribution in [1.29, 1.82) is 0 Å². The molecule has 15 heavy (non-hydrogen) atoms. The molecule has 1 fully saturated rings. The van der Waals surface area contributed by atoms with Gasteiger partial charge in [0.25, 0.3) is 0 Å². The van der Waals surface area contributed by atoms with Gasteiger partial charge in [-0.3, -0.25) is 4.79 Å². The first-order valence-electron chi connectivity index (χ1n) is 5.95. The first-order chi connectivity index (χ1) is 7.08. The summed E-state index contributed by atoms with van der Waals surface area (Å²) < 4.78 is 0. The molecular formula is C12H22ClNO. The third-order valence-electron chi connectivity index (χ3n) is 3.40. The fraction of sp³-hybridized carbons (Fsp3) is 0.917. The Morgan fingerprint density at radius 1 is 1.47 bits per heavy atom. The standard InChI is InChI=1S/C12H22ClNO/c1-10(6-5-9-13)14-11(15)12(2)7-3-4-8-12/h10H,3-9H2,1-2H3,(H,14,15). The number of carbonyl (C=O) groups excluding carboxylic acids is 1. The number of amides is 1. The second kappa shape index (κ2) is 5.74. The van der Waals surface area contributed by atoms with Gasteiger partial charge in [-0.25, -0.2) is 0 Å². The van der Waals surface area contributed by atoms with Gasteiger partial charge in [0, 0.05) is 17.3 Å². The van der Waals surface area contributed by atoms with E-state index in [1.54, 1.807) is 0 Å². The van der Waals surface area contributed by atoms with Crippen LogP contribution in [0.3, 0.4) is 0 Å². The number of hydrogen-bond acceptors (Lipinski definition) is 1. The predicted octanol–water partition coefficient (Wildman–Crippen LogP) is 3.09. The zero-order valence-electron chi connectivity index (χ0n) is 9.81. The number of halogens is 1. The molecular weight excluding hydrogens is 210 g/mol. The number of rotatable bonds is 5. The highest BCUT2D eigenvalue weighted by Gasteiger charge is 2.36. The van der Waals surface area contributed by atoms with E-state index in [0.29, 0.717) is 5.88 Å². The van der Waals surface area contributed by atoms with Gasteiger partial charge in [-0.05, 0) is 32.6 Å². The van der Waals surface area contributed by atoms with E-state index in [9.17, 15) is 4.79 Å². The maximum atomic E-state index is 12.0. The Morgan fingerprint density at radius 2 is 2.07 bits per heavy atom. The molecule has 1 rings (SSSR count). The molecule has 0 aromatic rings. The van der Waals surface area contributed by atoms with Crippen LogP contribution in [0.2, 0.25) is 0 Å². The van der Waals surface area contributed by atoms with Crippen molar-refractivity contribution in [3.63, 3.8) is 0 Å². The summed E-state index contributed by atoms with van der Waals surface area (Å²) in [5.74, 6) is 0.916. The van der Waals surface area contributed by atoms with Crippen molar-refractivity contribution in [3.05, 3.63) is 0 Å². The molecule has 1 atom stereocenters. The van der Waals surface area contributed by atoms with Crippen molar-refractivity contribution < 1.29 is 4.79 Å². The van der Waals surface area contributed by atoms with Gasteiger partial charge in [-0.2, -0.15) is 0 Å². The summed E-state index contributed by atoms with van der Waals surface area (Å²) in [4.78, 5) is 12.0. The summed E-state index contributed by atoms with van der Waals surface area (Å²) >= 11 is 5.62. The molecule has 0 radical (unpaired) electrons. The highest BCUT2D eigenvalue weighted by molar-refractivity contribution is 6.17. The van der Waals surface area contributed by atoms with Crippen molar-refractivity contribution in [2.45, 2.75) is 58.4 Å². The third-order valence-corrected chi connectivity index (χ3v) is 3.67. The summed E-state index contributed by atoms with van der Waals surface area (Å²) in [5.41, 5.74) is -0.102. The van der Waals surface area contributed by atoms with Gasteiger partial charge in [0.05, 0.1) is 0 Å². The van der Waals surface area contributed by atoms with Crippen LogP contribution in [0, 0.1) is 5.41 Å². The largest absolute Gasteiger partial charge is 0.353 e. The van der Waals surface area contributed by atoms with Crippen LogP contribution in [0.25, 0.3) is 0 Å². The van der Waals surface area contributed by atoms with Gasteiger partial charge in [0.15, 0.2) is 0 Å². The van der Waals surface area contributed by atoms with Gasteiger partial charge in [-0.15, -0.1) is 11.6 Å². The highest BCUT2D eigenvalue weighted by atomic mass is 35.5. The number of carbonyl (C=O) groups is 1. The minimum Gasteiger partial charge on any atom is -0.353 e. The molecule has 0 aromatic heterocycles. The van der Waals surface area contributed by atoms with Crippen molar-refractivity contribution in [2.75, 3.05) is 5.88 Å². The zero-order chi connectivity index (χ0) is 11.3. The van der Waals surface area contributed by atoms with Gasteiger partial charge in [0.2, 0.25) is 5.91 Å². The smallest absolute Gasteiger partial charge is 0.226 e. The van der Waals surface area contributed by atoms with Gasteiger partial charge in [-0.1, -0.05) is 19.8 Å². The minimum atomic E-state index is -0.102. The van der Waals surface area contributed by atoms with Gasteiger partial charge in [0.1, 0.15) is 0 Å².